The lowest BCUT2D eigenvalue weighted by atomic mass is 10.5. The number of hydrogen-bond donors (Lipinski definition) is 0. The van der Waals surface area contributed by atoms with E-state index in [1.165, 1.54) is 5.57 Å². The molecule has 0 aliphatic heterocycles. The summed E-state index contributed by atoms with van der Waals surface area (Å²) in [6.45, 7) is 3.62. The van der Waals surface area contributed by atoms with Crippen molar-refractivity contribution in [3.8, 4) is 0 Å². The van der Waals surface area contributed by atoms with Gasteiger partial charge in [-0.2, -0.15) is 0 Å². The molecule has 0 atom stereocenters. The summed E-state index contributed by atoms with van der Waals surface area (Å²) in [6.07, 6.45) is 9.29. The Morgan fingerprint density at radius 2 is 2.57 bits per heavy atom. The summed E-state index contributed by atoms with van der Waals surface area (Å²) in [6, 6.07) is 0. The molecule has 7 heavy (non-hydrogen) atoms. The Morgan fingerprint density at radius 1 is 1.71 bits per heavy atom. The van der Waals surface area contributed by atoms with E-state index in [9.17, 15) is 0 Å². The molecule has 0 fully saturated rings. The predicted molar refractivity (Wildman–Crippen MR) is 32.0 cm³/mol. The maximum Gasteiger partial charge on any atom is -0.0157 e. The smallest absolute Gasteiger partial charge is 0.0157 e. The minimum Gasteiger partial charge on any atom is -0.0985 e. The molecule has 1 rings (SSSR count). The lowest BCUT2D eigenvalue weighted by Gasteiger charge is -1.77. The van der Waals surface area contributed by atoms with Crippen molar-refractivity contribution in [2.24, 2.45) is 0 Å². The molecule has 0 radical (unpaired) electrons. The van der Waals surface area contributed by atoms with Crippen molar-refractivity contribution in [2.45, 2.75) is 6.42 Å². The molecule has 0 aromatic rings. The molecule has 0 aromatic carbocycles. The Morgan fingerprint density at radius 3 is 2.86 bits per heavy atom. The summed E-state index contributed by atoms with van der Waals surface area (Å²) in [5.74, 6) is 0. The fourth-order valence-corrected chi connectivity index (χ4v) is 0.628. The van der Waals surface area contributed by atoms with Gasteiger partial charge in [0.05, 0.1) is 0 Å². The van der Waals surface area contributed by atoms with Crippen LogP contribution in [-0.2, 0) is 0 Å². The fraction of sp³-hybridized carbons (Fsp3) is 0.143. The summed E-state index contributed by atoms with van der Waals surface area (Å²) in [7, 11) is 0. The molecule has 0 amide bonds. The molecule has 0 nitrogen and oxygen atoms in total. The van der Waals surface area contributed by atoms with Crippen LogP contribution >= 0.6 is 0 Å². The first-order chi connectivity index (χ1) is 3.43. The van der Waals surface area contributed by atoms with E-state index in [0.29, 0.717) is 0 Å². The van der Waals surface area contributed by atoms with Crippen LogP contribution in [0.4, 0.5) is 0 Å². The van der Waals surface area contributed by atoms with Gasteiger partial charge in [-0.15, -0.1) is 0 Å². The second-order valence-corrected chi connectivity index (χ2v) is 1.55. The van der Waals surface area contributed by atoms with Gasteiger partial charge in [-0.1, -0.05) is 30.9 Å². The van der Waals surface area contributed by atoms with E-state index in [4.69, 9.17) is 0 Å². The van der Waals surface area contributed by atoms with Crippen LogP contribution < -0.4 is 0 Å². The van der Waals surface area contributed by atoms with E-state index in [-0.39, 0.29) is 0 Å². The maximum absolute atomic E-state index is 3.62. The molecule has 0 heterocycles. The van der Waals surface area contributed by atoms with Gasteiger partial charge in [0.15, 0.2) is 0 Å². The van der Waals surface area contributed by atoms with Crippen LogP contribution in [0.1, 0.15) is 6.42 Å². The molecule has 0 saturated heterocycles. The molecule has 0 heteroatoms. The molecule has 0 aromatic heterocycles. The summed E-state index contributed by atoms with van der Waals surface area (Å²) < 4.78 is 0. The largest absolute Gasteiger partial charge is 0.0985 e. The predicted octanol–water partition coefficient (Wildman–Crippen LogP) is 2.06. The highest BCUT2D eigenvalue weighted by Crippen LogP contribution is 2.07. The van der Waals surface area contributed by atoms with Crippen molar-refractivity contribution in [1.82, 2.24) is 0 Å². The van der Waals surface area contributed by atoms with Gasteiger partial charge >= 0.3 is 0 Å². The first-order valence-corrected chi connectivity index (χ1v) is 2.42. The molecule has 0 spiro atoms. The van der Waals surface area contributed by atoms with E-state index < -0.39 is 0 Å². The lowest BCUT2D eigenvalue weighted by Crippen LogP contribution is -1.57. The van der Waals surface area contributed by atoms with Crippen molar-refractivity contribution >= 4 is 0 Å². The lowest BCUT2D eigenvalue weighted by molar-refractivity contribution is 1.44. The van der Waals surface area contributed by atoms with Crippen LogP contribution in [-0.4, -0.2) is 0 Å². The molecule has 0 N–H and O–H groups in total. The van der Waals surface area contributed by atoms with Gasteiger partial charge < -0.3 is 0 Å². The van der Waals surface area contributed by atoms with Crippen molar-refractivity contribution in [2.75, 3.05) is 0 Å². The van der Waals surface area contributed by atoms with Crippen LogP contribution in [0.15, 0.2) is 36.5 Å². The van der Waals surface area contributed by atoms with Gasteiger partial charge in [0.25, 0.3) is 0 Å². The second kappa shape index (κ2) is 1.78. The number of allylic oxidation sites excluding steroid dienone is 5. The molecule has 0 unspecified atom stereocenters. The first kappa shape index (κ1) is 4.38. The van der Waals surface area contributed by atoms with Crippen molar-refractivity contribution in [3.63, 3.8) is 0 Å². The van der Waals surface area contributed by atoms with Crippen molar-refractivity contribution in [1.29, 1.82) is 0 Å². The Hall–Kier alpha value is -0.780. The Bertz CT molecular complexity index is 127. The van der Waals surface area contributed by atoms with Crippen LogP contribution in [0.2, 0.25) is 0 Å². The van der Waals surface area contributed by atoms with Gasteiger partial charge in [0.2, 0.25) is 0 Å². The molecule has 1 aliphatic rings. The van der Waals surface area contributed by atoms with Gasteiger partial charge in [-0.05, 0) is 12.0 Å². The maximum atomic E-state index is 3.62. The third kappa shape index (κ3) is 0.801. The van der Waals surface area contributed by atoms with E-state index in [0.717, 1.165) is 6.42 Å². The average Bonchev–Trinajstić information content (AvgIpc) is 2.14. The summed E-state index contributed by atoms with van der Waals surface area (Å²) in [5.41, 5.74) is 1.25. The fourth-order valence-electron chi connectivity index (χ4n) is 0.628. The highest BCUT2D eigenvalue weighted by Gasteiger charge is 1.87. The molecule has 36 valence electrons. The molecule has 1 aliphatic carbocycles. The van der Waals surface area contributed by atoms with E-state index in [1.807, 2.05) is 6.08 Å². The zero-order valence-electron chi connectivity index (χ0n) is 4.22. The summed E-state index contributed by atoms with van der Waals surface area (Å²) >= 11 is 0. The zero-order chi connectivity index (χ0) is 5.11. The summed E-state index contributed by atoms with van der Waals surface area (Å²) in [5, 5.41) is 0. The molecular weight excluding hydrogens is 85.1 g/mol. The topological polar surface area (TPSA) is 0 Å². The highest BCUT2D eigenvalue weighted by molar-refractivity contribution is 5.34. The second-order valence-electron chi connectivity index (χ2n) is 1.55. The zero-order valence-corrected chi connectivity index (χ0v) is 4.22. The number of rotatable bonds is 1. The van der Waals surface area contributed by atoms with E-state index in [2.05, 4.69) is 24.8 Å². The van der Waals surface area contributed by atoms with Gasteiger partial charge in [-0.3, -0.25) is 0 Å². The van der Waals surface area contributed by atoms with E-state index in [1.54, 1.807) is 0 Å². The Kier molecular flexibility index (Phi) is 1.12. The quantitative estimate of drug-likeness (QED) is 0.435. The Labute approximate surface area is 43.9 Å². The van der Waals surface area contributed by atoms with Gasteiger partial charge in [0, 0.05) is 0 Å². The minimum atomic E-state index is 1.08. The molecular formula is C7H8. The first-order valence-electron chi connectivity index (χ1n) is 2.42. The van der Waals surface area contributed by atoms with Crippen LogP contribution in [0.3, 0.4) is 0 Å². The normalized spacial score (nSPS) is 16.9. The third-order valence-electron chi connectivity index (χ3n) is 1.04. The monoisotopic (exact) mass is 93.1 g/mol. The Balaban J connectivity index is 2.69. The molecule has 0 bridgehead atoms. The highest BCUT2D eigenvalue weighted by atomic mass is 14.3. The third-order valence-corrected chi connectivity index (χ3v) is 1.04. The van der Waals surface area contributed by atoms with Crippen molar-refractivity contribution < 1.29 is 0 Å². The minimum absolute atomic E-state index is 1.08. The summed E-state index contributed by atoms with van der Waals surface area (Å²) in [4.78, 5) is 0. The van der Waals surface area contributed by atoms with Crippen LogP contribution in [0, 0.1) is 0 Å². The average molecular weight is 93.1 g/mol. The van der Waals surface area contributed by atoms with Crippen LogP contribution in [0.25, 0.3) is 0 Å². The standard InChI is InChI=1S/C7H8/c1-2-7-5-3-4-6-7/h2-3,5-6H,1,4H2/i7+1. The number of hydrogen-bond acceptors (Lipinski definition) is 0. The van der Waals surface area contributed by atoms with E-state index >= 15 is 0 Å². The van der Waals surface area contributed by atoms with Crippen LogP contribution in [0.5, 0.6) is 0 Å². The molecule has 0 saturated carbocycles. The van der Waals surface area contributed by atoms with Gasteiger partial charge in [0.1, 0.15) is 0 Å². The van der Waals surface area contributed by atoms with Crippen molar-refractivity contribution in [3.05, 3.63) is 36.5 Å². The SMILES string of the molecule is C=C[13C]1=CCC=C1. The van der Waals surface area contributed by atoms with Gasteiger partial charge in [-0.25, -0.2) is 0 Å².